The standard InChI is InChI=1S/C12H16O2S/c1-2-3-7-12(10-15(13)14)11-8-5-4-6-9-11/h3-9,12H,2,10H2,1H3,(H,13,14). The topological polar surface area (TPSA) is 37.3 Å². The van der Waals surface area contributed by atoms with Crippen molar-refractivity contribution in [1.82, 2.24) is 0 Å². The van der Waals surface area contributed by atoms with Crippen LogP contribution in [0.4, 0.5) is 0 Å². The average molecular weight is 224 g/mol. The van der Waals surface area contributed by atoms with Crippen molar-refractivity contribution in [3.63, 3.8) is 0 Å². The van der Waals surface area contributed by atoms with E-state index < -0.39 is 11.1 Å². The fourth-order valence-corrected chi connectivity index (χ4v) is 2.03. The normalized spacial score (nSPS) is 15.3. The second-order valence-electron chi connectivity index (χ2n) is 3.34. The van der Waals surface area contributed by atoms with Crippen molar-refractivity contribution in [2.45, 2.75) is 19.3 Å². The molecule has 2 nitrogen and oxygen atoms in total. The molecular weight excluding hydrogens is 208 g/mol. The summed E-state index contributed by atoms with van der Waals surface area (Å²) in [6, 6.07) is 9.81. The molecule has 0 aliphatic heterocycles. The molecule has 1 rings (SSSR count). The quantitative estimate of drug-likeness (QED) is 0.616. The van der Waals surface area contributed by atoms with Gasteiger partial charge in [-0.05, 0) is 12.0 Å². The summed E-state index contributed by atoms with van der Waals surface area (Å²) >= 11 is -1.75. The lowest BCUT2D eigenvalue weighted by Gasteiger charge is -2.10. The number of hydrogen-bond acceptors (Lipinski definition) is 1. The Labute approximate surface area is 93.3 Å². The van der Waals surface area contributed by atoms with Gasteiger partial charge in [0.1, 0.15) is 0 Å². The highest BCUT2D eigenvalue weighted by molar-refractivity contribution is 7.79. The predicted molar refractivity (Wildman–Crippen MR) is 64.3 cm³/mol. The summed E-state index contributed by atoms with van der Waals surface area (Å²) in [4.78, 5) is 0. The number of hydrogen-bond donors (Lipinski definition) is 1. The predicted octanol–water partition coefficient (Wildman–Crippen LogP) is 2.96. The van der Waals surface area contributed by atoms with Gasteiger partial charge in [-0.2, -0.15) is 0 Å². The molecule has 3 heteroatoms. The van der Waals surface area contributed by atoms with E-state index in [4.69, 9.17) is 4.55 Å². The molecule has 0 bridgehead atoms. The van der Waals surface area contributed by atoms with Crippen molar-refractivity contribution in [3.8, 4) is 0 Å². The first-order valence-electron chi connectivity index (χ1n) is 5.03. The molecule has 1 N–H and O–H groups in total. The molecular formula is C12H16O2S. The van der Waals surface area contributed by atoms with Crippen LogP contribution in [0.3, 0.4) is 0 Å². The van der Waals surface area contributed by atoms with Crippen LogP contribution in [0.5, 0.6) is 0 Å². The molecule has 15 heavy (non-hydrogen) atoms. The highest BCUT2D eigenvalue weighted by atomic mass is 32.2. The Morgan fingerprint density at radius 2 is 2.07 bits per heavy atom. The number of allylic oxidation sites excluding steroid dienone is 2. The molecule has 0 heterocycles. The van der Waals surface area contributed by atoms with Crippen LogP contribution in [0, 0.1) is 0 Å². The first-order chi connectivity index (χ1) is 7.24. The molecule has 0 saturated carbocycles. The zero-order chi connectivity index (χ0) is 11.1. The number of rotatable bonds is 5. The van der Waals surface area contributed by atoms with Gasteiger partial charge < -0.3 is 4.55 Å². The van der Waals surface area contributed by atoms with E-state index in [9.17, 15) is 4.21 Å². The first-order valence-corrected chi connectivity index (χ1v) is 6.30. The van der Waals surface area contributed by atoms with Gasteiger partial charge in [-0.3, -0.25) is 0 Å². The number of benzene rings is 1. The summed E-state index contributed by atoms with van der Waals surface area (Å²) < 4.78 is 19.7. The second kappa shape index (κ2) is 6.53. The van der Waals surface area contributed by atoms with Crippen LogP contribution in [-0.2, 0) is 11.1 Å². The smallest absolute Gasteiger partial charge is 0.153 e. The van der Waals surface area contributed by atoms with Crippen LogP contribution in [0.2, 0.25) is 0 Å². The van der Waals surface area contributed by atoms with E-state index in [1.54, 1.807) is 0 Å². The Balaban J connectivity index is 2.81. The monoisotopic (exact) mass is 224 g/mol. The van der Waals surface area contributed by atoms with Crippen molar-refractivity contribution in [2.75, 3.05) is 5.75 Å². The minimum atomic E-state index is -1.75. The third-order valence-corrected chi connectivity index (χ3v) is 2.80. The van der Waals surface area contributed by atoms with Gasteiger partial charge in [-0.15, -0.1) is 0 Å². The van der Waals surface area contributed by atoms with Crippen LogP contribution in [0.1, 0.15) is 24.8 Å². The molecule has 2 atom stereocenters. The largest absolute Gasteiger partial charge is 0.306 e. The maximum Gasteiger partial charge on any atom is 0.153 e. The molecule has 1 aromatic rings. The summed E-state index contributed by atoms with van der Waals surface area (Å²) in [5.74, 6) is 0.303. The van der Waals surface area contributed by atoms with E-state index >= 15 is 0 Å². The van der Waals surface area contributed by atoms with Crippen LogP contribution < -0.4 is 0 Å². The Morgan fingerprint density at radius 3 is 2.60 bits per heavy atom. The Hall–Kier alpha value is -0.930. The van der Waals surface area contributed by atoms with E-state index in [1.165, 1.54) is 0 Å². The minimum Gasteiger partial charge on any atom is -0.306 e. The minimum absolute atomic E-state index is 0.0389. The van der Waals surface area contributed by atoms with Crippen molar-refractivity contribution >= 4 is 11.1 Å². The summed E-state index contributed by atoms with van der Waals surface area (Å²) in [5, 5.41) is 0. The summed E-state index contributed by atoms with van der Waals surface area (Å²) in [7, 11) is 0. The van der Waals surface area contributed by atoms with Crippen molar-refractivity contribution in [1.29, 1.82) is 0 Å². The van der Waals surface area contributed by atoms with Gasteiger partial charge in [0.15, 0.2) is 11.1 Å². The summed E-state index contributed by atoms with van der Waals surface area (Å²) in [5.41, 5.74) is 1.09. The molecule has 0 radical (unpaired) electrons. The summed E-state index contributed by atoms with van der Waals surface area (Å²) in [6.07, 6.45) is 4.98. The molecule has 0 saturated heterocycles. The fourth-order valence-electron chi connectivity index (χ4n) is 1.42. The summed E-state index contributed by atoms with van der Waals surface area (Å²) in [6.45, 7) is 2.05. The third kappa shape index (κ3) is 4.40. The lowest BCUT2D eigenvalue weighted by molar-refractivity contribution is 0.561. The van der Waals surface area contributed by atoms with E-state index in [-0.39, 0.29) is 11.7 Å². The average Bonchev–Trinajstić information content (AvgIpc) is 2.25. The maximum absolute atomic E-state index is 10.8. The van der Waals surface area contributed by atoms with Crippen LogP contribution in [0.25, 0.3) is 0 Å². The zero-order valence-corrected chi connectivity index (χ0v) is 9.61. The second-order valence-corrected chi connectivity index (χ2v) is 4.32. The highest BCUT2D eigenvalue weighted by Gasteiger charge is 2.10. The fraction of sp³-hybridized carbons (Fsp3) is 0.333. The van der Waals surface area contributed by atoms with Gasteiger partial charge in [-0.1, -0.05) is 49.4 Å². The van der Waals surface area contributed by atoms with Gasteiger partial charge >= 0.3 is 0 Å². The van der Waals surface area contributed by atoms with Gasteiger partial charge in [-0.25, -0.2) is 4.21 Å². The molecule has 0 aliphatic rings. The van der Waals surface area contributed by atoms with Gasteiger partial charge in [0.25, 0.3) is 0 Å². The molecule has 0 spiro atoms. The van der Waals surface area contributed by atoms with Crippen LogP contribution >= 0.6 is 0 Å². The first kappa shape index (κ1) is 12.1. The lowest BCUT2D eigenvalue weighted by atomic mass is 10.0. The van der Waals surface area contributed by atoms with Crippen molar-refractivity contribution < 1.29 is 8.76 Å². The zero-order valence-electron chi connectivity index (χ0n) is 8.80. The molecule has 0 aliphatic carbocycles. The lowest BCUT2D eigenvalue weighted by Crippen LogP contribution is -2.06. The molecule has 82 valence electrons. The molecule has 0 fully saturated rings. The van der Waals surface area contributed by atoms with Gasteiger partial charge in [0, 0.05) is 5.92 Å². The van der Waals surface area contributed by atoms with Crippen LogP contribution in [-0.4, -0.2) is 14.5 Å². The Bertz CT molecular complexity index is 333. The molecule has 2 unspecified atom stereocenters. The molecule has 0 aromatic heterocycles. The van der Waals surface area contributed by atoms with Gasteiger partial charge in [0.05, 0.1) is 5.75 Å². The van der Waals surface area contributed by atoms with Crippen molar-refractivity contribution in [2.24, 2.45) is 0 Å². The molecule has 0 amide bonds. The Kier molecular flexibility index (Phi) is 5.29. The van der Waals surface area contributed by atoms with Crippen molar-refractivity contribution in [3.05, 3.63) is 48.0 Å². The van der Waals surface area contributed by atoms with E-state index in [2.05, 4.69) is 6.92 Å². The van der Waals surface area contributed by atoms with E-state index in [0.717, 1.165) is 12.0 Å². The van der Waals surface area contributed by atoms with E-state index in [1.807, 2.05) is 42.5 Å². The van der Waals surface area contributed by atoms with E-state index in [0.29, 0.717) is 0 Å². The van der Waals surface area contributed by atoms with Gasteiger partial charge in [0.2, 0.25) is 0 Å². The highest BCUT2D eigenvalue weighted by Crippen LogP contribution is 2.18. The van der Waals surface area contributed by atoms with Crippen LogP contribution in [0.15, 0.2) is 42.5 Å². The third-order valence-electron chi connectivity index (χ3n) is 2.15. The SMILES string of the molecule is CCC=CC(CS(=O)O)c1ccccc1. The maximum atomic E-state index is 10.8. The molecule has 1 aromatic carbocycles. The Morgan fingerprint density at radius 1 is 1.40 bits per heavy atom.